The van der Waals surface area contributed by atoms with Crippen LogP contribution in [0.1, 0.15) is 6.42 Å². The molecular formula is C8H11NO2. The second-order valence-corrected chi connectivity index (χ2v) is 2.65. The van der Waals surface area contributed by atoms with E-state index in [4.69, 9.17) is 11.2 Å². The Labute approximate surface area is 66.3 Å². The number of ether oxygens (including phenoxy) is 1. The molecule has 1 heterocycles. The maximum Gasteiger partial charge on any atom is 0.267 e. The normalized spacial score (nSPS) is 30.6. The van der Waals surface area contributed by atoms with Gasteiger partial charge in [0.25, 0.3) is 5.91 Å². The van der Waals surface area contributed by atoms with E-state index in [9.17, 15) is 4.79 Å². The van der Waals surface area contributed by atoms with Crippen molar-refractivity contribution in [2.75, 3.05) is 20.7 Å². The maximum atomic E-state index is 11.3. The molecule has 0 bridgehead atoms. The first-order chi connectivity index (χ1) is 5.16. The van der Waals surface area contributed by atoms with Gasteiger partial charge in [-0.05, 0) is 0 Å². The fourth-order valence-electron chi connectivity index (χ4n) is 1.22. The number of hydrogen-bond acceptors (Lipinski definition) is 2. The minimum atomic E-state index is -0.977. The van der Waals surface area contributed by atoms with Crippen LogP contribution in [0.15, 0.2) is 0 Å². The molecule has 3 nitrogen and oxygen atoms in total. The van der Waals surface area contributed by atoms with Crippen molar-refractivity contribution in [2.24, 2.45) is 0 Å². The van der Waals surface area contributed by atoms with E-state index < -0.39 is 5.60 Å². The van der Waals surface area contributed by atoms with Crippen LogP contribution in [0.25, 0.3) is 0 Å². The van der Waals surface area contributed by atoms with Gasteiger partial charge in [0.05, 0.1) is 0 Å². The largest absolute Gasteiger partial charge is 0.357 e. The number of nitrogens with zero attached hydrogens (tertiary/aromatic N) is 1. The van der Waals surface area contributed by atoms with Crippen molar-refractivity contribution in [3.05, 3.63) is 0 Å². The van der Waals surface area contributed by atoms with Crippen LogP contribution < -0.4 is 0 Å². The van der Waals surface area contributed by atoms with E-state index in [-0.39, 0.29) is 5.91 Å². The molecule has 0 N–H and O–H groups in total. The fourth-order valence-corrected chi connectivity index (χ4v) is 1.22. The number of terminal acetylenes is 1. The summed E-state index contributed by atoms with van der Waals surface area (Å²) in [4.78, 5) is 12.9. The number of hydrogen-bond donors (Lipinski definition) is 0. The second kappa shape index (κ2) is 2.55. The molecule has 1 aliphatic rings. The van der Waals surface area contributed by atoms with Gasteiger partial charge >= 0.3 is 0 Å². The standard InChI is InChI=1S/C8H11NO2/c1-4-8(11-3)5-6-9(2)7(8)10/h1H,5-6H2,2-3H3. The van der Waals surface area contributed by atoms with Crippen LogP contribution in [-0.2, 0) is 9.53 Å². The van der Waals surface area contributed by atoms with Crippen LogP contribution in [0.3, 0.4) is 0 Å². The summed E-state index contributed by atoms with van der Waals surface area (Å²) in [5.41, 5.74) is -0.977. The van der Waals surface area contributed by atoms with Gasteiger partial charge in [-0.25, -0.2) is 0 Å². The Morgan fingerprint density at radius 3 is 2.64 bits per heavy atom. The lowest BCUT2D eigenvalue weighted by atomic mass is 10.0. The lowest BCUT2D eigenvalue weighted by Crippen LogP contribution is -2.38. The molecule has 0 aliphatic carbocycles. The first-order valence-corrected chi connectivity index (χ1v) is 3.45. The average molecular weight is 153 g/mol. The maximum absolute atomic E-state index is 11.3. The molecular weight excluding hydrogens is 142 g/mol. The van der Waals surface area contributed by atoms with Gasteiger partial charge in [0.1, 0.15) is 0 Å². The Balaban J connectivity index is 2.89. The molecule has 1 unspecified atom stereocenters. The summed E-state index contributed by atoms with van der Waals surface area (Å²) in [7, 11) is 3.19. The number of likely N-dealkylation sites (tertiary alicyclic amines) is 1. The molecule has 0 saturated carbocycles. The molecule has 3 heteroatoms. The Bertz CT molecular complexity index is 219. The first kappa shape index (κ1) is 8.09. The van der Waals surface area contributed by atoms with E-state index >= 15 is 0 Å². The van der Waals surface area contributed by atoms with Gasteiger partial charge in [0, 0.05) is 27.1 Å². The van der Waals surface area contributed by atoms with Gasteiger partial charge in [-0.1, -0.05) is 5.92 Å². The van der Waals surface area contributed by atoms with Crippen LogP contribution >= 0.6 is 0 Å². The molecule has 0 radical (unpaired) electrons. The first-order valence-electron chi connectivity index (χ1n) is 3.45. The van der Waals surface area contributed by atoms with Gasteiger partial charge in [-0.3, -0.25) is 4.79 Å². The minimum Gasteiger partial charge on any atom is -0.357 e. The van der Waals surface area contributed by atoms with Crippen LogP contribution in [0.4, 0.5) is 0 Å². The van der Waals surface area contributed by atoms with E-state index in [0.717, 1.165) is 0 Å². The van der Waals surface area contributed by atoms with Crippen molar-refractivity contribution < 1.29 is 9.53 Å². The Morgan fingerprint density at radius 1 is 1.82 bits per heavy atom. The highest BCUT2D eigenvalue weighted by Gasteiger charge is 2.44. The van der Waals surface area contributed by atoms with Crippen LogP contribution in [0, 0.1) is 12.3 Å². The van der Waals surface area contributed by atoms with Gasteiger partial charge < -0.3 is 9.64 Å². The number of likely N-dealkylation sites (N-methyl/N-ethyl adjacent to an activating group) is 1. The van der Waals surface area contributed by atoms with Gasteiger partial charge in [0.15, 0.2) is 0 Å². The average Bonchev–Trinajstić information content (AvgIpc) is 2.32. The summed E-state index contributed by atoms with van der Waals surface area (Å²) in [6, 6.07) is 0. The third-order valence-corrected chi connectivity index (χ3v) is 2.07. The quantitative estimate of drug-likeness (QED) is 0.491. The van der Waals surface area contributed by atoms with Crippen molar-refractivity contribution in [3.8, 4) is 12.3 Å². The van der Waals surface area contributed by atoms with Crippen LogP contribution in [-0.4, -0.2) is 37.1 Å². The van der Waals surface area contributed by atoms with Crippen molar-refractivity contribution >= 4 is 5.91 Å². The van der Waals surface area contributed by atoms with Crippen molar-refractivity contribution in [1.82, 2.24) is 4.90 Å². The molecule has 11 heavy (non-hydrogen) atoms. The Kier molecular flexibility index (Phi) is 1.88. The molecule has 1 rings (SSSR count). The highest BCUT2D eigenvalue weighted by molar-refractivity contribution is 5.90. The Hall–Kier alpha value is -1.01. The number of carbonyl (C=O) groups is 1. The van der Waals surface area contributed by atoms with E-state index in [1.165, 1.54) is 7.11 Å². The second-order valence-electron chi connectivity index (χ2n) is 2.65. The van der Waals surface area contributed by atoms with E-state index in [2.05, 4.69) is 5.92 Å². The minimum absolute atomic E-state index is 0.109. The zero-order valence-corrected chi connectivity index (χ0v) is 6.76. The zero-order chi connectivity index (χ0) is 8.48. The molecule has 0 aromatic carbocycles. The topological polar surface area (TPSA) is 29.5 Å². The third-order valence-electron chi connectivity index (χ3n) is 2.07. The smallest absolute Gasteiger partial charge is 0.267 e. The zero-order valence-electron chi connectivity index (χ0n) is 6.76. The molecule has 0 aromatic heterocycles. The van der Waals surface area contributed by atoms with Gasteiger partial charge in [-0.15, -0.1) is 6.42 Å². The number of methoxy groups -OCH3 is 1. The number of amides is 1. The van der Waals surface area contributed by atoms with E-state index in [0.29, 0.717) is 13.0 Å². The summed E-state index contributed by atoms with van der Waals surface area (Å²) in [5.74, 6) is 2.29. The van der Waals surface area contributed by atoms with Crippen molar-refractivity contribution in [2.45, 2.75) is 12.0 Å². The highest BCUT2D eigenvalue weighted by Crippen LogP contribution is 2.23. The van der Waals surface area contributed by atoms with E-state index in [1.807, 2.05) is 0 Å². The van der Waals surface area contributed by atoms with Crippen LogP contribution in [0.5, 0.6) is 0 Å². The molecule has 1 atom stereocenters. The third kappa shape index (κ3) is 0.997. The van der Waals surface area contributed by atoms with E-state index in [1.54, 1.807) is 11.9 Å². The predicted octanol–water partition coefficient (Wildman–Crippen LogP) is -0.133. The van der Waals surface area contributed by atoms with Gasteiger partial charge in [-0.2, -0.15) is 0 Å². The lowest BCUT2D eigenvalue weighted by molar-refractivity contribution is -0.139. The van der Waals surface area contributed by atoms with Crippen LogP contribution in [0.2, 0.25) is 0 Å². The summed E-state index contributed by atoms with van der Waals surface area (Å²) in [5, 5.41) is 0. The summed E-state index contributed by atoms with van der Waals surface area (Å²) >= 11 is 0. The fraction of sp³-hybridized carbons (Fsp3) is 0.625. The molecule has 0 spiro atoms. The summed E-state index contributed by atoms with van der Waals surface area (Å²) in [6.07, 6.45) is 5.80. The molecule has 1 fully saturated rings. The van der Waals surface area contributed by atoms with Gasteiger partial charge in [0.2, 0.25) is 5.60 Å². The number of rotatable bonds is 1. The molecule has 1 aliphatic heterocycles. The summed E-state index contributed by atoms with van der Waals surface area (Å²) < 4.78 is 5.00. The lowest BCUT2D eigenvalue weighted by Gasteiger charge is -2.18. The number of carbonyl (C=O) groups excluding carboxylic acids is 1. The Morgan fingerprint density at radius 2 is 2.45 bits per heavy atom. The van der Waals surface area contributed by atoms with Crippen molar-refractivity contribution in [3.63, 3.8) is 0 Å². The molecule has 1 saturated heterocycles. The monoisotopic (exact) mass is 153 g/mol. The molecule has 60 valence electrons. The molecule has 0 aromatic rings. The highest BCUT2D eigenvalue weighted by atomic mass is 16.5. The predicted molar refractivity (Wildman–Crippen MR) is 40.8 cm³/mol. The van der Waals surface area contributed by atoms with Crippen molar-refractivity contribution in [1.29, 1.82) is 0 Å². The molecule has 1 amide bonds. The summed E-state index contributed by atoms with van der Waals surface area (Å²) in [6.45, 7) is 0.677. The SMILES string of the molecule is C#CC1(OC)CCN(C)C1=O.